The highest BCUT2D eigenvalue weighted by Gasteiger charge is 2.36. The van der Waals surface area contributed by atoms with Gasteiger partial charge in [0, 0.05) is 19.2 Å². The summed E-state index contributed by atoms with van der Waals surface area (Å²) in [6.45, 7) is 7.09. The third kappa shape index (κ3) is 7.82. The van der Waals surface area contributed by atoms with E-state index in [9.17, 15) is 9.59 Å². The second kappa shape index (κ2) is 12.4. The van der Waals surface area contributed by atoms with Gasteiger partial charge in [-0.05, 0) is 56.1 Å². The van der Waals surface area contributed by atoms with Crippen molar-refractivity contribution in [3.63, 3.8) is 0 Å². The first kappa shape index (κ1) is 24.0. The zero-order valence-corrected chi connectivity index (χ0v) is 19.0. The molecule has 1 saturated heterocycles. The first-order chi connectivity index (χ1) is 14.0. The quantitative estimate of drug-likeness (QED) is 0.193. The van der Waals surface area contributed by atoms with Gasteiger partial charge in [0.15, 0.2) is 0 Å². The van der Waals surface area contributed by atoms with E-state index < -0.39 is 6.04 Å². The Bertz CT molecular complexity index is 575. The van der Waals surface area contributed by atoms with Gasteiger partial charge >= 0.3 is 5.97 Å². The molecule has 0 bridgehead atoms. The van der Waals surface area contributed by atoms with E-state index in [2.05, 4.69) is 18.7 Å². The molecule has 0 aromatic carbocycles. The maximum absolute atomic E-state index is 12.3. The summed E-state index contributed by atoms with van der Waals surface area (Å²) >= 11 is 1.55. The molecule has 0 aromatic rings. The number of epoxide rings is 1. The van der Waals surface area contributed by atoms with Gasteiger partial charge in [0.05, 0.1) is 19.8 Å². The van der Waals surface area contributed by atoms with E-state index in [4.69, 9.17) is 9.47 Å². The van der Waals surface area contributed by atoms with Crippen LogP contribution >= 0.6 is 11.8 Å². The van der Waals surface area contributed by atoms with Gasteiger partial charge in [0.25, 0.3) is 0 Å². The number of thioether (sulfide) groups is 1. The minimum absolute atomic E-state index is 0.0732. The zero-order valence-electron chi connectivity index (χ0n) is 18.2. The standard InChI is InChI=1S/C23H37NO4S/c1-5-19-12-18(10-8-6-7-9-11-21-15-28-21)13-20(19)14-24(17(2)25)22(16-29-4)23(26)27-3/h5,8,10,18-22H,1,6-7,9,11-16H2,2-4H3/b10-8-/t18-,19+,20?,21?,22?/m0/s1. The Morgan fingerprint density at radius 2 is 2.10 bits per heavy atom. The lowest BCUT2D eigenvalue weighted by Crippen LogP contribution is -2.48. The number of esters is 1. The molecule has 1 heterocycles. The predicted octanol–water partition coefficient (Wildman–Crippen LogP) is 4.08. The van der Waals surface area contributed by atoms with E-state index >= 15 is 0 Å². The highest BCUT2D eigenvalue weighted by molar-refractivity contribution is 7.98. The number of methoxy groups -OCH3 is 1. The molecule has 0 spiro atoms. The van der Waals surface area contributed by atoms with Crippen LogP contribution in [0.25, 0.3) is 0 Å². The molecule has 2 aliphatic rings. The number of carbonyl (C=O) groups is 2. The number of allylic oxidation sites excluding steroid dienone is 3. The van der Waals surface area contributed by atoms with Crippen molar-refractivity contribution in [2.75, 3.05) is 32.3 Å². The lowest BCUT2D eigenvalue weighted by atomic mass is 9.95. The average Bonchev–Trinajstić information content (AvgIpc) is 3.45. The van der Waals surface area contributed by atoms with Gasteiger partial charge < -0.3 is 14.4 Å². The molecule has 0 aromatic heterocycles. The van der Waals surface area contributed by atoms with E-state index in [0.29, 0.717) is 36.2 Å². The Labute approximate surface area is 180 Å². The summed E-state index contributed by atoms with van der Waals surface area (Å²) in [5, 5.41) is 0. The summed E-state index contributed by atoms with van der Waals surface area (Å²) in [6.07, 6.45) is 16.0. The van der Waals surface area contributed by atoms with Crippen molar-refractivity contribution in [3.8, 4) is 0 Å². The Morgan fingerprint density at radius 1 is 1.34 bits per heavy atom. The largest absolute Gasteiger partial charge is 0.467 e. The average molecular weight is 424 g/mol. The number of ether oxygens (including phenoxy) is 2. The normalized spacial score (nSPS) is 27.0. The van der Waals surface area contributed by atoms with E-state index in [-0.39, 0.29) is 11.9 Å². The topological polar surface area (TPSA) is 59.1 Å². The third-order valence-corrected chi connectivity index (χ3v) is 6.70. The molecule has 0 N–H and O–H groups in total. The molecule has 5 atom stereocenters. The summed E-state index contributed by atoms with van der Waals surface area (Å²) in [4.78, 5) is 26.3. The van der Waals surface area contributed by atoms with Crippen molar-refractivity contribution >= 4 is 23.6 Å². The Kier molecular flexibility index (Phi) is 10.3. The molecule has 1 aliphatic carbocycles. The smallest absolute Gasteiger partial charge is 0.329 e. The molecule has 164 valence electrons. The lowest BCUT2D eigenvalue weighted by molar-refractivity contribution is -0.151. The molecular weight excluding hydrogens is 386 g/mol. The van der Waals surface area contributed by atoms with Crippen LogP contribution in [0, 0.1) is 17.8 Å². The number of rotatable bonds is 13. The number of unbranched alkanes of at least 4 members (excludes halogenated alkanes) is 2. The van der Waals surface area contributed by atoms with E-state index in [0.717, 1.165) is 25.9 Å². The summed E-state index contributed by atoms with van der Waals surface area (Å²) in [7, 11) is 1.38. The maximum atomic E-state index is 12.3. The van der Waals surface area contributed by atoms with E-state index in [1.165, 1.54) is 33.3 Å². The van der Waals surface area contributed by atoms with Crippen LogP contribution in [0.4, 0.5) is 0 Å². The van der Waals surface area contributed by atoms with Gasteiger partial charge in [-0.25, -0.2) is 4.79 Å². The fourth-order valence-corrected chi connectivity index (χ4v) is 4.95. The molecule has 1 amide bonds. The molecule has 3 unspecified atom stereocenters. The lowest BCUT2D eigenvalue weighted by Gasteiger charge is -2.32. The van der Waals surface area contributed by atoms with Crippen LogP contribution < -0.4 is 0 Å². The number of hydrogen-bond donors (Lipinski definition) is 0. The predicted molar refractivity (Wildman–Crippen MR) is 119 cm³/mol. The van der Waals surface area contributed by atoms with Crippen molar-refractivity contribution < 1.29 is 19.1 Å². The molecule has 2 rings (SSSR count). The number of hydrogen-bond acceptors (Lipinski definition) is 5. The van der Waals surface area contributed by atoms with Gasteiger partial charge in [-0.1, -0.05) is 24.6 Å². The first-order valence-corrected chi connectivity index (χ1v) is 12.1. The minimum atomic E-state index is -0.525. The van der Waals surface area contributed by atoms with Gasteiger partial charge in [-0.3, -0.25) is 4.79 Å². The summed E-state index contributed by atoms with van der Waals surface area (Å²) in [5.41, 5.74) is 0. The highest BCUT2D eigenvalue weighted by atomic mass is 32.2. The molecule has 5 nitrogen and oxygen atoms in total. The van der Waals surface area contributed by atoms with E-state index in [1.807, 2.05) is 12.3 Å². The van der Waals surface area contributed by atoms with Gasteiger partial charge in [-0.15, -0.1) is 6.58 Å². The van der Waals surface area contributed by atoms with Crippen LogP contribution in [0.5, 0.6) is 0 Å². The highest BCUT2D eigenvalue weighted by Crippen LogP contribution is 2.39. The molecule has 29 heavy (non-hydrogen) atoms. The van der Waals surface area contributed by atoms with Crippen LogP contribution in [-0.2, 0) is 19.1 Å². The summed E-state index contributed by atoms with van der Waals surface area (Å²) in [5.74, 6) is 1.35. The van der Waals surface area contributed by atoms with Crippen molar-refractivity contribution in [1.82, 2.24) is 4.90 Å². The van der Waals surface area contributed by atoms with Gasteiger partial charge in [0.2, 0.25) is 5.91 Å². The number of amides is 1. The zero-order chi connectivity index (χ0) is 21.2. The molecular formula is C23H37NO4S. The minimum Gasteiger partial charge on any atom is -0.467 e. The number of nitrogens with zero attached hydrogens (tertiary/aromatic N) is 1. The van der Waals surface area contributed by atoms with Gasteiger partial charge in [-0.2, -0.15) is 11.8 Å². The molecule has 2 fully saturated rings. The monoisotopic (exact) mass is 423 g/mol. The number of carbonyl (C=O) groups excluding carboxylic acids is 2. The van der Waals surface area contributed by atoms with Crippen LogP contribution in [-0.4, -0.2) is 61.2 Å². The van der Waals surface area contributed by atoms with Gasteiger partial charge in [0.1, 0.15) is 6.04 Å². The SMILES string of the molecule is C=C[C@@H]1C[C@H](/C=C\CCCCC2CO2)CC1CN(C(C)=O)C(CSC)C(=O)OC. The Balaban J connectivity index is 1.89. The Morgan fingerprint density at radius 3 is 2.69 bits per heavy atom. The van der Waals surface area contributed by atoms with Crippen molar-refractivity contribution in [3.05, 3.63) is 24.8 Å². The van der Waals surface area contributed by atoms with Crippen molar-refractivity contribution in [2.24, 2.45) is 17.8 Å². The van der Waals surface area contributed by atoms with Crippen LogP contribution in [0.2, 0.25) is 0 Å². The molecule has 0 radical (unpaired) electrons. The second-order valence-electron chi connectivity index (χ2n) is 8.22. The van der Waals surface area contributed by atoms with Crippen LogP contribution in [0.1, 0.15) is 45.4 Å². The second-order valence-corrected chi connectivity index (χ2v) is 9.14. The fraction of sp³-hybridized carbons (Fsp3) is 0.739. The Hall–Kier alpha value is -1.27. The maximum Gasteiger partial charge on any atom is 0.329 e. The molecule has 6 heteroatoms. The van der Waals surface area contributed by atoms with Crippen LogP contribution in [0.15, 0.2) is 24.8 Å². The van der Waals surface area contributed by atoms with Crippen molar-refractivity contribution in [1.29, 1.82) is 0 Å². The fourth-order valence-electron chi connectivity index (χ4n) is 4.32. The summed E-state index contributed by atoms with van der Waals surface area (Å²) in [6, 6.07) is -0.525. The van der Waals surface area contributed by atoms with Crippen LogP contribution in [0.3, 0.4) is 0 Å². The van der Waals surface area contributed by atoms with Crippen molar-refractivity contribution in [2.45, 2.75) is 57.6 Å². The first-order valence-electron chi connectivity index (χ1n) is 10.7. The molecule has 1 aliphatic heterocycles. The summed E-state index contributed by atoms with van der Waals surface area (Å²) < 4.78 is 10.2. The molecule has 1 saturated carbocycles. The third-order valence-electron chi connectivity index (χ3n) is 6.06. The van der Waals surface area contributed by atoms with E-state index in [1.54, 1.807) is 16.7 Å².